The first-order valence-electron chi connectivity index (χ1n) is 4.82. The molecule has 2 N–H and O–H groups in total. The Morgan fingerprint density at radius 3 is 1.71 bits per heavy atom. The Balaban J connectivity index is 4.25. The van der Waals surface area contributed by atoms with Crippen LogP contribution in [-0.2, 0) is 13.7 Å². The van der Waals surface area contributed by atoms with Gasteiger partial charge in [-0.15, -0.1) is 0 Å². The zero-order chi connectivity index (χ0) is 11.2. The van der Waals surface area contributed by atoms with E-state index < -0.39 is 6.19 Å². The topological polar surface area (TPSA) is 53.7 Å². The molecular formula is C8H20NO3PSe. The van der Waals surface area contributed by atoms with Crippen LogP contribution in [0.1, 0.15) is 40.5 Å². The molecule has 0 aliphatic carbocycles. The van der Waals surface area contributed by atoms with E-state index in [2.05, 4.69) is 15.1 Å². The molecule has 0 amide bonds. The van der Waals surface area contributed by atoms with Gasteiger partial charge in [-0.2, -0.15) is 0 Å². The van der Waals surface area contributed by atoms with Crippen molar-refractivity contribution in [1.29, 1.82) is 0 Å². The Hall–Kier alpha value is 0.789. The van der Waals surface area contributed by atoms with Crippen LogP contribution in [0, 0.1) is 0 Å². The second-order valence-corrected chi connectivity index (χ2v) is 7.54. The molecule has 0 spiro atoms. The normalized spacial score (nSPS) is 20.1. The Labute approximate surface area is 93.9 Å². The predicted molar refractivity (Wildman–Crippen MR) is 59.6 cm³/mol. The summed E-state index contributed by atoms with van der Waals surface area (Å²) in [7, 11) is 0. The molecule has 14 heavy (non-hydrogen) atoms. The van der Waals surface area contributed by atoms with Gasteiger partial charge in [0.25, 0.3) is 0 Å². The van der Waals surface area contributed by atoms with Crippen molar-refractivity contribution in [3.8, 4) is 0 Å². The van der Waals surface area contributed by atoms with E-state index in [9.17, 15) is 0 Å². The minimum atomic E-state index is -2.44. The molecule has 0 aliphatic heterocycles. The van der Waals surface area contributed by atoms with Gasteiger partial charge in [-0.25, -0.2) is 0 Å². The van der Waals surface area contributed by atoms with Crippen molar-refractivity contribution in [2.24, 2.45) is 5.90 Å². The molecule has 2 atom stereocenters. The van der Waals surface area contributed by atoms with E-state index in [0.717, 1.165) is 12.8 Å². The molecule has 0 aliphatic rings. The van der Waals surface area contributed by atoms with Crippen molar-refractivity contribution in [3.05, 3.63) is 0 Å². The van der Waals surface area contributed by atoms with Gasteiger partial charge < -0.3 is 0 Å². The molecule has 0 bridgehead atoms. The van der Waals surface area contributed by atoms with Crippen LogP contribution < -0.4 is 5.90 Å². The van der Waals surface area contributed by atoms with Crippen molar-refractivity contribution in [1.82, 2.24) is 0 Å². The Morgan fingerprint density at radius 2 is 1.50 bits per heavy atom. The molecule has 0 heterocycles. The number of hydrogen-bond donors (Lipinski definition) is 1. The van der Waals surface area contributed by atoms with Crippen molar-refractivity contribution < 1.29 is 13.7 Å². The molecule has 0 rings (SSSR count). The van der Waals surface area contributed by atoms with E-state index in [0.29, 0.717) is 0 Å². The number of hydrogen-bond acceptors (Lipinski definition) is 4. The Morgan fingerprint density at radius 1 is 1.14 bits per heavy atom. The maximum atomic E-state index is 5.59. The fourth-order valence-electron chi connectivity index (χ4n) is 0.664. The maximum absolute atomic E-state index is 5.59. The van der Waals surface area contributed by atoms with Crippen LogP contribution in [0.15, 0.2) is 0 Å². The molecule has 0 aromatic rings. The third-order valence-electron chi connectivity index (χ3n) is 1.90. The van der Waals surface area contributed by atoms with Crippen LogP contribution in [0.3, 0.4) is 0 Å². The average Bonchev–Trinajstić information content (AvgIpc) is 2.17. The van der Waals surface area contributed by atoms with Crippen molar-refractivity contribution in [3.63, 3.8) is 0 Å². The molecule has 0 aromatic carbocycles. The second kappa shape index (κ2) is 7.13. The van der Waals surface area contributed by atoms with Crippen LogP contribution in [0.5, 0.6) is 0 Å². The first kappa shape index (κ1) is 14.8. The van der Waals surface area contributed by atoms with Gasteiger partial charge in [-0.1, -0.05) is 0 Å². The summed E-state index contributed by atoms with van der Waals surface area (Å²) in [6.45, 7) is 8.00. The molecule has 0 fully saturated rings. The summed E-state index contributed by atoms with van der Waals surface area (Å²) < 4.78 is 16.0. The Bertz CT molecular complexity index is 187. The summed E-state index contributed by atoms with van der Waals surface area (Å²) in [4.78, 5) is 0. The van der Waals surface area contributed by atoms with E-state index in [4.69, 9.17) is 19.6 Å². The molecular weight excluding hydrogens is 268 g/mol. The summed E-state index contributed by atoms with van der Waals surface area (Å²) in [5, 5.41) is 0. The summed E-state index contributed by atoms with van der Waals surface area (Å²) in [5.41, 5.74) is 0. The fourth-order valence-corrected chi connectivity index (χ4v) is 3.84. The molecule has 0 saturated heterocycles. The summed E-state index contributed by atoms with van der Waals surface area (Å²) in [6, 6.07) is 0. The first-order valence-corrected chi connectivity index (χ1v) is 8.58. The van der Waals surface area contributed by atoms with Crippen molar-refractivity contribution in [2.75, 3.05) is 0 Å². The van der Waals surface area contributed by atoms with E-state index in [1.807, 2.05) is 27.7 Å². The van der Waals surface area contributed by atoms with Gasteiger partial charge in [-0.3, -0.25) is 0 Å². The monoisotopic (exact) mass is 289 g/mol. The standard InChI is InChI=1S/C8H20NO3PSe/c1-5-7(3)10-13(14,12-9)11-8(4)6-2/h7-8H,5-6,9H2,1-4H3. The van der Waals surface area contributed by atoms with E-state index in [1.165, 1.54) is 0 Å². The van der Waals surface area contributed by atoms with Crippen LogP contribution in [0.4, 0.5) is 0 Å². The van der Waals surface area contributed by atoms with Gasteiger partial charge in [-0.05, 0) is 0 Å². The van der Waals surface area contributed by atoms with Crippen LogP contribution in [0.2, 0.25) is 0 Å². The third kappa shape index (κ3) is 5.62. The van der Waals surface area contributed by atoms with E-state index >= 15 is 0 Å². The summed E-state index contributed by atoms with van der Waals surface area (Å²) in [6.07, 6.45) is -0.482. The van der Waals surface area contributed by atoms with Gasteiger partial charge in [0.2, 0.25) is 0 Å². The van der Waals surface area contributed by atoms with E-state index in [1.54, 1.807) is 0 Å². The second-order valence-electron chi connectivity index (χ2n) is 3.20. The SMILES string of the molecule is CCC(C)OP(=[Se])(ON)OC(C)CC. The molecule has 86 valence electrons. The minimum absolute atomic E-state index is 0.0807. The van der Waals surface area contributed by atoms with Crippen LogP contribution in [-0.4, -0.2) is 27.3 Å². The third-order valence-corrected chi connectivity index (χ3v) is 5.02. The molecule has 0 saturated carbocycles. The molecule has 6 heteroatoms. The molecule has 0 aromatic heterocycles. The van der Waals surface area contributed by atoms with Crippen molar-refractivity contribution in [2.45, 2.75) is 52.7 Å². The molecule has 0 radical (unpaired) electrons. The van der Waals surface area contributed by atoms with Gasteiger partial charge in [0.1, 0.15) is 0 Å². The van der Waals surface area contributed by atoms with Gasteiger partial charge in [0.15, 0.2) is 0 Å². The predicted octanol–water partition coefficient (Wildman–Crippen LogP) is 2.35. The molecule has 2 unspecified atom stereocenters. The van der Waals surface area contributed by atoms with Gasteiger partial charge in [0, 0.05) is 0 Å². The Kier molecular flexibility index (Phi) is 7.53. The van der Waals surface area contributed by atoms with E-state index in [-0.39, 0.29) is 12.2 Å². The summed E-state index contributed by atoms with van der Waals surface area (Å²) in [5.74, 6) is 5.18. The van der Waals surface area contributed by atoms with Crippen LogP contribution in [0.25, 0.3) is 0 Å². The van der Waals surface area contributed by atoms with Gasteiger partial charge >= 0.3 is 93.6 Å². The average molecular weight is 288 g/mol. The zero-order valence-corrected chi connectivity index (χ0v) is 11.8. The summed E-state index contributed by atoms with van der Waals surface area (Å²) >= 11 is 2.79. The number of nitrogens with two attached hydrogens (primary N) is 1. The fraction of sp³-hybridized carbons (Fsp3) is 1.00. The van der Waals surface area contributed by atoms with Crippen LogP contribution >= 0.6 is 6.19 Å². The first-order chi connectivity index (χ1) is 6.47. The number of rotatable bonds is 7. The zero-order valence-electron chi connectivity index (χ0n) is 9.23. The quantitative estimate of drug-likeness (QED) is 0.444. The molecule has 4 nitrogen and oxygen atoms in total. The van der Waals surface area contributed by atoms with Crippen molar-refractivity contribution >= 4 is 21.3 Å². The van der Waals surface area contributed by atoms with Gasteiger partial charge in [0.05, 0.1) is 0 Å².